The van der Waals surface area contributed by atoms with Crippen molar-refractivity contribution < 1.29 is 12.8 Å². The fourth-order valence-corrected chi connectivity index (χ4v) is 2.89. The van der Waals surface area contributed by atoms with E-state index in [4.69, 9.17) is 10.2 Å². The molecule has 1 heterocycles. The highest BCUT2D eigenvalue weighted by Crippen LogP contribution is 2.20. The maximum Gasteiger partial charge on any atom is 0.240 e. The van der Waals surface area contributed by atoms with Gasteiger partial charge in [0.05, 0.1) is 4.90 Å². The molecule has 2 aromatic rings. The predicted molar refractivity (Wildman–Crippen MR) is 80.1 cm³/mol. The molecule has 0 unspecified atom stereocenters. The largest absolute Gasteiger partial charge is 0.449 e. The van der Waals surface area contributed by atoms with Crippen LogP contribution in [0.2, 0.25) is 0 Å². The number of nitrogens with two attached hydrogens (primary N) is 1. The van der Waals surface area contributed by atoms with Crippen molar-refractivity contribution in [3.63, 3.8) is 0 Å². The van der Waals surface area contributed by atoms with Gasteiger partial charge in [-0.2, -0.15) is 0 Å². The minimum atomic E-state index is -3.56. The number of nitrogens with zero attached hydrogens (tertiary/aromatic N) is 1. The van der Waals surface area contributed by atoms with Gasteiger partial charge in [-0.1, -0.05) is 12.1 Å². The molecular formula is C14H19N3O3S. The van der Waals surface area contributed by atoms with E-state index >= 15 is 0 Å². The van der Waals surface area contributed by atoms with Crippen molar-refractivity contribution >= 4 is 10.0 Å². The first-order chi connectivity index (χ1) is 9.67. The molecule has 0 radical (unpaired) electrons. The van der Waals surface area contributed by atoms with Crippen molar-refractivity contribution in [3.05, 3.63) is 36.4 Å². The van der Waals surface area contributed by atoms with Crippen LogP contribution in [-0.2, 0) is 10.0 Å². The van der Waals surface area contributed by atoms with E-state index in [1.165, 1.54) is 18.4 Å². The van der Waals surface area contributed by atoms with Crippen molar-refractivity contribution in [1.29, 1.82) is 0 Å². The normalized spacial score (nSPS) is 12.6. The van der Waals surface area contributed by atoms with Crippen LogP contribution < -0.4 is 10.5 Å². The summed E-state index contributed by atoms with van der Waals surface area (Å²) in [5.74, 6) is 0.563. The van der Waals surface area contributed by atoms with E-state index in [1.54, 1.807) is 32.9 Å². The van der Waals surface area contributed by atoms with Gasteiger partial charge in [-0.05, 0) is 26.0 Å². The van der Waals surface area contributed by atoms with Gasteiger partial charge in [0.1, 0.15) is 12.0 Å². The van der Waals surface area contributed by atoms with E-state index in [1.807, 2.05) is 0 Å². The number of hydrogen-bond acceptors (Lipinski definition) is 5. The molecular weight excluding hydrogens is 290 g/mol. The molecule has 7 heteroatoms. The van der Waals surface area contributed by atoms with Crippen LogP contribution in [0, 0.1) is 6.92 Å². The van der Waals surface area contributed by atoms with E-state index < -0.39 is 15.6 Å². The van der Waals surface area contributed by atoms with Crippen molar-refractivity contribution in [2.45, 2.75) is 31.2 Å². The maximum atomic E-state index is 12.1. The molecule has 0 bridgehead atoms. The van der Waals surface area contributed by atoms with Gasteiger partial charge in [0.25, 0.3) is 0 Å². The second kappa shape index (κ2) is 5.59. The van der Waals surface area contributed by atoms with Crippen LogP contribution in [0.25, 0.3) is 11.3 Å². The van der Waals surface area contributed by atoms with Crippen molar-refractivity contribution in [2.75, 3.05) is 6.54 Å². The molecule has 21 heavy (non-hydrogen) atoms. The molecule has 0 atom stereocenters. The van der Waals surface area contributed by atoms with Crippen LogP contribution in [0.15, 0.2) is 39.8 Å². The number of nitrogens with one attached hydrogen (secondary N) is 1. The summed E-state index contributed by atoms with van der Waals surface area (Å²) in [4.78, 5) is 4.38. The first kappa shape index (κ1) is 15.7. The highest BCUT2D eigenvalue weighted by molar-refractivity contribution is 7.89. The Balaban J connectivity index is 2.18. The van der Waals surface area contributed by atoms with Gasteiger partial charge in [0, 0.05) is 24.6 Å². The lowest BCUT2D eigenvalue weighted by molar-refractivity contribution is 0.498. The van der Waals surface area contributed by atoms with Gasteiger partial charge >= 0.3 is 0 Å². The summed E-state index contributed by atoms with van der Waals surface area (Å²) in [6.45, 7) is 5.43. The Bertz CT molecular complexity index is 713. The third-order valence-electron chi connectivity index (χ3n) is 2.80. The van der Waals surface area contributed by atoms with E-state index in [0.29, 0.717) is 11.6 Å². The minimum absolute atomic E-state index is 0.166. The first-order valence-corrected chi connectivity index (χ1v) is 7.97. The highest BCUT2D eigenvalue weighted by Gasteiger charge is 2.18. The number of benzene rings is 1. The molecule has 1 aromatic carbocycles. The van der Waals surface area contributed by atoms with Crippen molar-refractivity contribution in [2.24, 2.45) is 5.73 Å². The van der Waals surface area contributed by atoms with Gasteiger partial charge in [0.15, 0.2) is 5.89 Å². The Labute approximate surface area is 124 Å². The lowest BCUT2D eigenvalue weighted by Gasteiger charge is -2.18. The quantitative estimate of drug-likeness (QED) is 0.875. The number of oxazole rings is 1. The van der Waals surface area contributed by atoms with E-state index in [9.17, 15) is 8.42 Å². The smallest absolute Gasteiger partial charge is 0.240 e. The summed E-state index contributed by atoms with van der Waals surface area (Å²) in [5, 5.41) is 0. The third-order valence-corrected chi connectivity index (χ3v) is 4.21. The molecule has 0 aliphatic rings. The number of aromatic nitrogens is 1. The Morgan fingerprint density at radius 1 is 1.29 bits per heavy atom. The first-order valence-electron chi connectivity index (χ1n) is 6.48. The van der Waals surface area contributed by atoms with E-state index in [0.717, 1.165) is 5.56 Å². The molecule has 6 nitrogen and oxygen atoms in total. The zero-order valence-corrected chi connectivity index (χ0v) is 13.1. The van der Waals surface area contributed by atoms with Crippen LogP contribution in [0.3, 0.4) is 0 Å². The molecule has 0 saturated heterocycles. The summed E-state index contributed by atoms with van der Waals surface area (Å²) >= 11 is 0. The molecule has 114 valence electrons. The third kappa shape index (κ3) is 4.13. The van der Waals surface area contributed by atoms with Gasteiger partial charge in [-0.3, -0.25) is 0 Å². The number of hydrogen-bond donors (Lipinski definition) is 2. The fraction of sp³-hybridized carbons (Fsp3) is 0.357. The molecule has 0 fully saturated rings. The monoisotopic (exact) mass is 309 g/mol. The number of rotatable bonds is 5. The van der Waals surface area contributed by atoms with Gasteiger partial charge in [-0.15, -0.1) is 0 Å². The van der Waals surface area contributed by atoms with Crippen molar-refractivity contribution in [3.8, 4) is 11.3 Å². The zero-order valence-electron chi connectivity index (χ0n) is 12.3. The average Bonchev–Trinajstić information content (AvgIpc) is 2.83. The Morgan fingerprint density at radius 2 is 1.90 bits per heavy atom. The highest BCUT2D eigenvalue weighted by atomic mass is 32.2. The summed E-state index contributed by atoms with van der Waals surface area (Å²) in [5.41, 5.74) is 6.64. The molecule has 0 amide bonds. The number of sulfonamides is 1. The molecule has 1 aromatic heterocycles. The zero-order chi connectivity index (χ0) is 15.7. The van der Waals surface area contributed by atoms with Crippen LogP contribution >= 0.6 is 0 Å². The Morgan fingerprint density at radius 3 is 2.38 bits per heavy atom. The average molecular weight is 309 g/mol. The Hall–Kier alpha value is -1.70. The van der Waals surface area contributed by atoms with Crippen LogP contribution in [0.5, 0.6) is 0 Å². The summed E-state index contributed by atoms with van der Waals surface area (Å²) in [7, 11) is -3.56. The molecule has 0 aliphatic carbocycles. The standard InChI is InChI=1S/C14H19N3O3S/c1-10-17-13(8-20-10)11-4-6-12(7-5-11)21(18,19)16-9-14(2,3)15/h4-8,16H,9,15H2,1-3H3. The molecule has 2 rings (SSSR count). The summed E-state index contributed by atoms with van der Waals surface area (Å²) in [6.07, 6.45) is 1.54. The van der Waals surface area contributed by atoms with Crippen LogP contribution in [0.4, 0.5) is 0 Å². The van der Waals surface area contributed by atoms with Gasteiger partial charge in [0.2, 0.25) is 10.0 Å². The second-order valence-electron chi connectivity index (χ2n) is 5.59. The molecule has 0 saturated carbocycles. The molecule has 3 N–H and O–H groups in total. The van der Waals surface area contributed by atoms with Crippen molar-refractivity contribution in [1.82, 2.24) is 9.71 Å². The maximum absolute atomic E-state index is 12.1. The van der Waals surface area contributed by atoms with Crippen LogP contribution in [0.1, 0.15) is 19.7 Å². The minimum Gasteiger partial charge on any atom is -0.449 e. The topological polar surface area (TPSA) is 98.2 Å². The van der Waals surface area contributed by atoms with Gasteiger partial charge < -0.3 is 10.2 Å². The van der Waals surface area contributed by atoms with Gasteiger partial charge in [-0.25, -0.2) is 18.1 Å². The lowest BCUT2D eigenvalue weighted by atomic mass is 10.1. The second-order valence-corrected chi connectivity index (χ2v) is 7.36. The molecule has 0 aliphatic heterocycles. The summed E-state index contributed by atoms with van der Waals surface area (Å²) in [6, 6.07) is 6.45. The van der Waals surface area contributed by atoms with E-state index in [-0.39, 0.29) is 11.4 Å². The summed E-state index contributed by atoms with van der Waals surface area (Å²) < 4.78 is 31.9. The van der Waals surface area contributed by atoms with E-state index in [2.05, 4.69) is 9.71 Å². The Kier molecular flexibility index (Phi) is 4.18. The number of aryl methyl sites for hydroxylation is 1. The van der Waals surface area contributed by atoms with Crippen LogP contribution in [-0.4, -0.2) is 25.5 Å². The lowest BCUT2D eigenvalue weighted by Crippen LogP contribution is -2.45. The fourth-order valence-electron chi connectivity index (χ4n) is 1.67. The predicted octanol–water partition coefficient (Wildman–Crippen LogP) is 1.67. The SMILES string of the molecule is Cc1nc(-c2ccc(S(=O)(=O)NCC(C)(C)N)cc2)co1. The molecule has 0 spiro atoms.